The van der Waals surface area contributed by atoms with Crippen molar-refractivity contribution in [1.29, 1.82) is 0 Å². The maximum atomic E-state index is 2.27. The second-order valence-corrected chi connectivity index (χ2v) is 4.47. The summed E-state index contributed by atoms with van der Waals surface area (Å²) in [5.74, 6) is 0. The zero-order valence-corrected chi connectivity index (χ0v) is 8.86. The van der Waals surface area contributed by atoms with Crippen molar-refractivity contribution in [2.24, 2.45) is 0 Å². The van der Waals surface area contributed by atoms with Crippen LogP contribution >= 0.6 is 11.8 Å². The van der Waals surface area contributed by atoms with Crippen LogP contribution < -0.4 is 0 Å². The van der Waals surface area contributed by atoms with Crippen LogP contribution in [0.1, 0.15) is 32.6 Å². The highest BCUT2D eigenvalue weighted by molar-refractivity contribution is 8.05. The molecule has 2 rings (SSSR count). The molecule has 0 saturated heterocycles. The van der Waals surface area contributed by atoms with E-state index in [0.717, 1.165) is 0 Å². The van der Waals surface area contributed by atoms with Gasteiger partial charge in [0, 0.05) is 0 Å². The normalized spacial score (nSPS) is 20.4. The van der Waals surface area contributed by atoms with Crippen LogP contribution in [0.25, 0.3) is 0 Å². The number of hydrogen-bond donors (Lipinski definition) is 0. The summed E-state index contributed by atoms with van der Waals surface area (Å²) in [6.45, 7) is 2.26. The average molecular weight is 191 g/mol. The Labute approximate surface area is 84.8 Å². The number of fused-ring (bicyclic) bond motifs is 1. The van der Waals surface area contributed by atoms with Gasteiger partial charge in [0.15, 0.2) is 0 Å². The Kier molecular flexibility index (Phi) is 2.94. The summed E-state index contributed by atoms with van der Waals surface area (Å²) < 4.78 is 0. The molecule has 0 saturated carbocycles. The van der Waals surface area contributed by atoms with Crippen LogP contribution in [0.2, 0.25) is 0 Å². The quantitative estimate of drug-likeness (QED) is 0.599. The van der Waals surface area contributed by atoms with Gasteiger partial charge in [-0.2, -0.15) is 0 Å². The first-order valence-electron chi connectivity index (χ1n) is 5.03. The van der Waals surface area contributed by atoms with Gasteiger partial charge in [-0.15, -0.1) is 11.8 Å². The van der Waals surface area contributed by atoms with E-state index < -0.39 is 0 Å². The predicted molar refractivity (Wildman–Crippen MR) is 60.3 cm³/mol. The van der Waals surface area contributed by atoms with E-state index in [1.165, 1.54) is 36.8 Å². The van der Waals surface area contributed by atoms with Crippen LogP contribution in [0.3, 0.4) is 0 Å². The molecule has 1 heteroatoms. The molecule has 0 bridgehead atoms. The minimum Gasteiger partial charge on any atom is -0.120 e. The highest BCUT2D eigenvalue weighted by atomic mass is 32.2. The molecule has 1 aliphatic carbocycles. The fourth-order valence-electron chi connectivity index (χ4n) is 1.72. The van der Waals surface area contributed by atoms with E-state index in [4.69, 9.17) is 0 Å². The van der Waals surface area contributed by atoms with Crippen LogP contribution in [-0.2, 0) is 0 Å². The predicted octanol–water partition coefficient (Wildman–Crippen LogP) is 4.23. The van der Waals surface area contributed by atoms with Gasteiger partial charge < -0.3 is 0 Å². The first-order chi connectivity index (χ1) is 6.42. The monoisotopic (exact) mass is 191 g/mol. The maximum absolute atomic E-state index is 2.27. The van der Waals surface area contributed by atoms with Gasteiger partial charge in [0.1, 0.15) is 0 Å². The third-order valence-corrected chi connectivity index (χ3v) is 3.57. The Hall–Kier alpha value is -0.430. The van der Waals surface area contributed by atoms with Gasteiger partial charge >= 0.3 is 0 Å². The maximum Gasteiger partial charge on any atom is 0.0646 e. The summed E-state index contributed by atoms with van der Waals surface area (Å²) in [7, 11) is 0. The Morgan fingerprint density at radius 2 is 2.23 bits per heavy atom. The van der Waals surface area contributed by atoms with Gasteiger partial charge in [-0.25, -0.2) is 0 Å². The van der Waals surface area contributed by atoms with Crippen LogP contribution in [0.4, 0.5) is 0 Å². The van der Waals surface area contributed by atoms with Crippen molar-refractivity contribution >= 4 is 11.8 Å². The molecular formula is C12H15S. The molecule has 0 aromatic heterocycles. The molecule has 0 spiro atoms. The van der Waals surface area contributed by atoms with E-state index in [-0.39, 0.29) is 0 Å². The first-order valence-corrected chi connectivity index (χ1v) is 5.91. The number of thioether (sulfide) groups is 1. The molecule has 1 heterocycles. The molecule has 0 amide bonds. The lowest BCUT2D eigenvalue weighted by Gasteiger charge is -2.09. The van der Waals surface area contributed by atoms with Crippen LogP contribution in [0.15, 0.2) is 34.8 Å². The van der Waals surface area contributed by atoms with Crippen molar-refractivity contribution in [3.63, 3.8) is 0 Å². The molecule has 0 nitrogen and oxygen atoms in total. The molecule has 1 radical (unpaired) electrons. The van der Waals surface area contributed by atoms with E-state index in [1.54, 1.807) is 5.25 Å². The zero-order chi connectivity index (χ0) is 9.10. The number of rotatable bonds is 4. The molecule has 2 aliphatic rings. The molecule has 0 N–H and O–H groups in total. The third-order valence-electron chi connectivity index (χ3n) is 2.49. The van der Waals surface area contributed by atoms with Gasteiger partial charge in [-0.05, 0) is 23.0 Å². The van der Waals surface area contributed by atoms with Crippen molar-refractivity contribution in [2.45, 2.75) is 32.6 Å². The average Bonchev–Trinajstić information content (AvgIpc) is 2.68. The summed E-state index contributed by atoms with van der Waals surface area (Å²) in [5.41, 5.74) is 2.91. The molecule has 0 aromatic rings. The minimum absolute atomic E-state index is 1.27. The minimum atomic E-state index is 1.27. The Balaban J connectivity index is 1.85. The van der Waals surface area contributed by atoms with Crippen LogP contribution in [0, 0.1) is 5.25 Å². The molecule has 69 valence electrons. The zero-order valence-electron chi connectivity index (χ0n) is 8.05. The molecule has 0 unspecified atom stereocenters. The smallest absolute Gasteiger partial charge is 0.0646 e. The molecule has 13 heavy (non-hydrogen) atoms. The number of hydrogen-bond acceptors (Lipinski definition) is 1. The summed E-state index contributed by atoms with van der Waals surface area (Å²) in [5, 5.41) is 3.85. The fraction of sp³-hybridized carbons (Fsp3) is 0.417. The number of allylic oxidation sites excluding steroid dienone is 4. The van der Waals surface area contributed by atoms with E-state index in [9.17, 15) is 0 Å². The molecule has 0 fully saturated rings. The standard InChI is InChI=1S/C12H15S/c1-2-3-4-8-12-11-7-5-6-10(11)9-13-12/h5-7,9H,2-4,8H2,1H3. The van der Waals surface area contributed by atoms with Gasteiger partial charge in [0.25, 0.3) is 0 Å². The van der Waals surface area contributed by atoms with Gasteiger partial charge in [0.05, 0.1) is 5.25 Å². The van der Waals surface area contributed by atoms with Crippen molar-refractivity contribution < 1.29 is 0 Å². The van der Waals surface area contributed by atoms with Crippen molar-refractivity contribution in [1.82, 2.24) is 0 Å². The lowest BCUT2D eigenvalue weighted by Crippen LogP contribution is -1.91. The Morgan fingerprint density at radius 3 is 3.08 bits per heavy atom. The van der Waals surface area contributed by atoms with E-state index in [1.807, 2.05) is 11.8 Å². The topological polar surface area (TPSA) is 0 Å². The van der Waals surface area contributed by atoms with Crippen molar-refractivity contribution in [2.75, 3.05) is 0 Å². The van der Waals surface area contributed by atoms with E-state index >= 15 is 0 Å². The van der Waals surface area contributed by atoms with Gasteiger partial charge in [-0.1, -0.05) is 44.4 Å². The highest BCUT2D eigenvalue weighted by Gasteiger charge is 2.24. The molecule has 0 atom stereocenters. The molecule has 1 aliphatic heterocycles. The van der Waals surface area contributed by atoms with E-state index in [2.05, 4.69) is 30.6 Å². The third kappa shape index (κ3) is 1.91. The fourth-order valence-corrected chi connectivity index (χ4v) is 2.77. The largest absolute Gasteiger partial charge is 0.120 e. The number of unbranched alkanes of at least 4 members (excludes halogenated alkanes) is 2. The Morgan fingerprint density at radius 1 is 1.31 bits per heavy atom. The Bertz CT molecular complexity index is 271. The first kappa shape index (κ1) is 9.14. The van der Waals surface area contributed by atoms with Crippen LogP contribution in [0.5, 0.6) is 0 Å². The highest BCUT2D eigenvalue weighted by Crippen LogP contribution is 2.46. The van der Waals surface area contributed by atoms with Crippen LogP contribution in [-0.4, -0.2) is 0 Å². The van der Waals surface area contributed by atoms with E-state index in [0.29, 0.717) is 0 Å². The lowest BCUT2D eigenvalue weighted by atomic mass is 10.0. The van der Waals surface area contributed by atoms with Crippen molar-refractivity contribution in [3.8, 4) is 0 Å². The lowest BCUT2D eigenvalue weighted by molar-refractivity contribution is 0.709. The van der Waals surface area contributed by atoms with Gasteiger partial charge in [-0.3, -0.25) is 0 Å². The second-order valence-electron chi connectivity index (χ2n) is 3.51. The summed E-state index contributed by atoms with van der Waals surface area (Å²) in [6, 6.07) is 0. The van der Waals surface area contributed by atoms with Crippen molar-refractivity contribution in [3.05, 3.63) is 40.0 Å². The second kappa shape index (κ2) is 4.19. The summed E-state index contributed by atoms with van der Waals surface area (Å²) in [6.07, 6.45) is 11.9. The molecule has 0 aromatic carbocycles. The molecular weight excluding hydrogens is 176 g/mol. The SMILES string of the molecule is CCCCC[C]1SC=C2C=CC=C12. The summed E-state index contributed by atoms with van der Waals surface area (Å²) in [4.78, 5) is 0. The summed E-state index contributed by atoms with van der Waals surface area (Å²) >= 11 is 1.92. The van der Waals surface area contributed by atoms with Gasteiger partial charge in [0.2, 0.25) is 0 Å².